The van der Waals surface area contributed by atoms with E-state index in [9.17, 15) is 8.78 Å². The van der Waals surface area contributed by atoms with Crippen molar-refractivity contribution in [2.75, 3.05) is 0 Å². The molecule has 0 unspecified atom stereocenters. The fourth-order valence-corrected chi connectivity index (χ4v) is 2.75. The SMILES string of the molecule is Fc1ccc(Br)c(F)c1-c1cc(Cl)ccc1CNC1CC1. The van der Waals surface area contributed by atoms with Gasteiger partial charge in [0.1, 0.15) is 11.6 Å². The number of hydrogen-bond donors (Lipinski definition) is 1. The molecule has 0 heterocycles. The summed E-state index contributed by atoms with van der Waals surface area (Å²) in [6, 6.07) is 8.29. The molecular formula is C16H13BrClF2N. The van der Waals surface area contributed by atoms with Gasteiger partial charge in [-0.3, -0.25) is 0 Å². The predicted octanol–water partition coefficient (Wildman–Crippen LogP) is 5.30. The highest BCUT2D eigenvalue weighted by Gasteiger charge is 2.22. The first-order valence-electron chi connectivity index (χ1n) is 6.72. The zero-order valence-corrected chi connectivity index (χ0v) is 13.4. The summed E-state index contributed by atoms with van der Waals surface area (Å²) in [5, 5.41) is 3.81. The van der Waals surface area contributed by atoms with Gasteiger partial charge in [0.25, 0.3) is 0 Å². The maximum absolute atomic E-state index is 14.3. The van der Waals surface area contributed by atoms with Gasteiger partial charge < -0.3 is 5.32 Å². The molecule has 0 aromatic heterocycles. The van der Waals surface area contributed by atoms with E-state index in [1.165, 1.54) is 12.1 Å². The molecule has 0 radical (unpaired) electrons. The monoisotopic (exact) mass is 371 g/mol. The molecule has 0 amide bonds. The molecule has 1 saturated carbocycles. The highest BCUT2D eigenvalue weighted by molar-refractivity contribution is 9.10. The summed E-state index contributed by atoms with van der Waals surface area (Å²) in [5.41, 5.74) is 1.29. The van der Waals surface area contributed by atoms with Gasteiger partial charge in [-0.25, -0.2) is 8.78 Å². The minimum Gasteiger partial charge on any atom is -0.310 e. The lowest BCUT2D eigenvalue weighted by Gasteiger charge is -2.13. The second-order valence-corrected chi connectivity index (χ2v) is 6.47. The average molecular weight is 373 g/mol. The van der Waals surface area contributed by atoms with Crippen molar-refractivity contribution in [2.24, 2.45) is 0 Å². The Morgan fingerprint density at radius 1 is 1.19 bits per heavy atom. The minimum absolute atomic E-state index is 0.0422. The highest BCUT2D eigenvalue weighted by Crippen LogP contribution is 2.34. The molecule has 1 fully saturated rings. The fourth-order valence-electron chi connectivity index (χ4n) is 2.25. The van der Waals surface area contributed by atoms with E-state index in [4.69, 9.17) is 11.6 Å². The molecule has 1 nitrogen and oxygen atoms in total. The molecule has 110 valence electrons. The van der Waals surface area contributed by atoms with E-state index in [0.717, 1.165) is 18.4 Å². The van der Waals surface area contributed by atoms with Crippen LogP contribution in [-0.2, 0) is 6.54 Å². The molecule has 1 aliphatic rings. The lowest BCUT2D eigenvalue weighted by atomic mass is 9.98. The van der Waals surface area contributed by atoms with Crippen molar-refractivity contribution >= 4 is 27.5 Å². The maximum atomic E-state index is 14.3. The lowest BCUT2D eigenvalue weighted by Crippen LogP contribution is -2.16. The highest BCUT2D eigenvalue weighted by atomic mass is 79.9. The molecule has 21 heavy (non-hydrogen) atoms. The van der Waals surface area contributed by atoms with Gasteiger partial charge in [0, 0.05) is 17.6 Å². The molecule has 0 spiro atoms. The van der Waals surface area contributed by atoms with Gasteiger partial charge in [-0.1, -0.05) is 17.7 Å². The maximum Gasteiger partial charge on any atom is 0.148 e. The molecule has 0 bridgehead atoms. The first kappa shape index (κ1) is 14.9. The van der Waals surface area contributed by atoms with Gasteiger partial charge in [-0.15, -0.1) is 0 Å². The first-order valence-corrected chi connectivity index (χ1v) is 7.89. The van der Waals surface area contributed by atoms with Crippen molar-refractivity contribution in [3.63, 3.8) is 0 Å². The third-order valence-corrected chi connectivity index (χ3v) is 4.39. The van der Waals surface area contributed by atoms with E-state index in [2.05, 4.69) is 21.2 Å². The molecule has 0 aliphatic heterocycles. The van der Waals surface area contributed by atoms with Crippen LogP contribution < -0.4 is 5.32 Å². The molecule has 5 heteroatoms. The topological polar surface area (TPSA) is 12.0 Å². The zero-order valence-electron chi connectivity index (χ0n) is 11.1. The van der Waals surface area contributed by atoms with Crippen LogP contribution in [0.25, 0.3) is 11.1 Å². The minimum atomic E-state index is -0.607. The van der Waals surface area contributed by atoms with E-state index in [1.54, 1.807) is 12.1 Å². The Labute approximate surface area is 135 Å². The van der Waals surface area contributed by atoms with Gasteiger partial charge in [0.15, 0.2) is 0 Å². The summed E-state index contributed by atoms with van der Waals surface area (Å²) in [4.78, 5) is 0. The third kappa shape index (κ3) is 3.28. The number of halogens is 4. The second-order valence-electron chi connectivity index (χ2n) is 5.17. The molecule has 1 N–H and O–H groups in total. The Morgan fingerprint density at radius 3 is 2.67 bits per heavy atom. The van der Waals surface area contributed by atoms with Gasteiger partial charge >= 0.3 is 0 Å². The second kappa shape index (κ2) is 6.03. The van der Waals surface area contributed by atoms with Crippen LogP contribution in [0.2, 0.25) is 5.02 Å². The van der Waals surface area contributed by atoms with Crippen molar-refractivity contribution in [3.05, 3.63) is 57.0 Å². The molecule has 3 rings (SSSR count). The summed E-state index contributed by atoms with van der Waals surface area (Å²) in [7, 11) is 0. The Bertz CT molecular complexity index is 686. The largest absolute Gasteiger partial charge is 0.310 e. The normalized spacial score (nSPS) is 14.5. The molecular weight excluding hydrogens is 360 g/mol. The number of nitrogens with one attached hydrogen (secondary N) is 1. The quantitative estimate of drug-likeness (QED) is 0.718. The van der Waals surface area contributed by atoms with Crippen molar-refractivity contribution in [3.8, 4) is 11.1 Å². The Hall–Kier alpha value is -0.970. The summed E-state index contributed by atoms with van der Waals surface area (Å²) < 4.78 is 28.7. The number of hydrogen-bond acceptors (Lipinski definition) is 1. The average Bonchev–Trinajstić information content (AvgIpc) is 3.27. The van der Waals surface area contributed by atoms with E-state index in [-0.39, 0.29) is 10.0 Å². The third-order valence-electron chi connectivity index (χ3n) is 3.54. The lowest BCUT2D eigenvalue weighted by molar-refractivity contribution is 0.584. The number of rotatable bonds is 4. The summed E-state index contributed by atoms with van der Waals surface area (Å²) >= 11 is 9.11. The molecule has 0 saturated heterocycles. The van der Waals surface area contributed by atoms with Crippen LogP contribution in [0.3, 0.4) is 0 Å². The van der Waals surface area contributed by atoms with Gasteiger partial charge in [-0.05, 0) is 64.2 Å². The van der Waals surface area contributed by atoms with Crippen LogP contribution in [0.4, 0.5) is 8.78 Å². The van der Waals surface area contributed by atoms with Gasteiger partial charge in [-0.2, -0.15) is 0 Å². The van der Waals surface area contributed by atoms with Gasteiger partial charge in [0.2, 0.25) is 0 Å². The molecule has 2 aromatic carbocycles. The van der Waals surface area contributed by atoms with Crippen LogP contribution in [0.5, 0.6) is 0 Å². The van der Waals surface area contributed by atoms with Crippen LogP contribution in [0.15, 0.2) is 34.8 Å². The first-order chi connectivity index (χ1) is 10.1. The Morgan fingerprint density at radius 2 is 1.95 bits per heavy atom. The summed E-state index contributed by atoms with van der Waals surface area (Å²) in [6.07, 6.45) is 2.31. The summed E-state index contributed by atoms with van der Waals surface area (Å²) in [6.45, 7) is 0.572. The van der Waals surface area contributed by atoms with E-state index in [1.807, 2.05) is 6.07 Å². The van der Waals surface area contributed by atoms with E-state index < -0.39 is 11.6 Å². The van der Waals surface area contributed by atoms with Crippen LogP contribution in [0, 0.1) is 11.6 Å². The standard InChI is InChI=1S/C16H13BrClF2N/c17-13-5-6-14(19)15(16(13)20)12-7-10(18)2-1-9(12)8-21-11-3-4-11/h1-2,5-7,11,21H,3-4,8H2. The van der Waals surface area contributed by atoms with Crippen molar-refractivity contribution in [1.29, 1.82) is 0 Å². The van der Waals surface area contributed by atoms with Crippen LogP contribution in [-0.4, -0.2) is 6.04 Å². The Kier molecular flexibility index (Phi) is 4.29. The van der Waals surface area contributed by atoms with E-state index in [0.29, 0.717) is 23.2 Å². The van der Waals surface area contributed by atoms with Crippen molar-refractivity contribution in [1.82, 2.24) is 5.32 Å². The van der Waals surface area contributed by atoms with Gasteiger partial charge in [0.05, 0.1) is 10.0 Å². The predicted molar refractivity (Wildman–Crippen MR) is 84.4 cm³/mol. The van der Waals surface area contributed by atoms with Crippen molar-refractivity contribution in [2.45, 2.75) is 25.4 Å². The molecule has 2 aromatic rings. The number of benzene rings is 2. The van der Waals surface area contributed by atoms with E-state index >= 15 is 0 Å². The molecule has 1 aliphatic carbocycles. The smallest absolute Gasteiger partial charge is 0.148 e. The van der Waals surface area contributed by atoms with Crippen molar-refractivity contribution < 1.29 is 8.78 Å². The van der Waals surface area contributed by atoms with Crippen LogP contribution >= 0.6 is 27.5 Å². The Balaban J connectivity index is 2.07. The van der Waals surface area contributed by atoms with Crippen LogP contribution in [0.1, 0.15) is 18.4 Å². The zero-order chi connectivity index (χ0) is 15.0. The molecule has 0 atom stereocenters. The fraction of sp³-hybridized carbons (Fsp3) is 0.250. The summed E-state index contributed by atoms with van der Waals surface area (Å²) in [5.74, 6) is -1.20.